The third-order valence-corrected chi connectivity index (χ3v) is 4.39. The van der Waals surface area contributed by atoms with Gasteiger partial charge in [0.25, 0.3) is 0 Å². The molecule has 1 aromatic heterocycles. The van der Waals surface area contributed by atoms with Gasteiger partial charge < -0.3 is 4.90 Å². The third-order valence-electron chi connectivity index (χ3n) is 4.39. The van der Waals surface area contributed by atoms with Gasteiger partial charge in [-0.1, -0.05) is 36.4 Å². The molecule has 0 bridgehead atoms. The first-order valence-electron chi connectivity index (χ1n) is 8.38. The van der Waals surface area contributed by atoms with Gasteiger partial charge >= 0.3 is 0 Å². The lowest BCUT2D eigenvalue weighted by molar-refractivity contribution is -0.133. The van der Waals surface area contributed by atoms with Crippen LogP contribution in [0.2, 0.25) is 0 Å². The van der Waals surface area contributed by atoms with Crippen molar-refractivity contribution in [1.29, 1.82) is 0 Å². The first kappa shape index (κ1) is 17.2. The quantitative estimate of drug-likeness (QED) is 0.712. The van der Waals surface area contributed by atoms with Crippen molar-refractivity contribution in [3.63, 3.8) is 0 Å². The lowest BCUT2D eigenvalue weighted by Crippen LogP contribution is -2.37. The van der Waals surface area contributed by atoms with Gasteiger partial charge in [0.05, 0.1) is 11.6 Å². The molecular formula is C20H26N2O. The largest absolute Gasteiger partial charge is 0.342 e. The molecule has 0 saturated carbocycles. The number of hydrogen-bond acceptors (Lipinski definition) is 2. The summed E-state index contributed by atoms with van der Waals surface area (Å²) in [6.45, 7) is 9.44. The van der Waals surface area contributed by atoms with Crippen molar-refractivity contribution in [1.82, 2.24) is 9.88 Å². The highest BCUT2D eigenvalue weighted by Crippen LogP contribution is 2.23. The van der Waals surface area contributed by atoms with Crippen LogP contribution in [0.1, 0.15) is 37.9 Å². The van der Waals surface area contributed by atoms with Gasteiger partial charge in [0.2, 0.25) is 5.91 Å². The fourth-order valence-corrected chi connectivity index (χ4v) is 2.95. The molecule has 23 heavy (non-hydrogen) atoms. The summed E-state index contributed by atoms with van der Waals surface area (Å²) < 4.78 is 0. The fourth-order valence-electron chi connectivity index (χ4n) is 2.95. The predicted octanol–water partition coefficient (Wildman–Crippen LogP) is 4.03. The minimum atomic E-state index is -0.0627. The van der Waals surface area contributed by atoms with Crippen LogP contribution in [0.4, 0.5) is 0 Å². The minimum absolute atomic E-state index is 0.0627. The van der Waals surface area contributed by atoms with Crippen LogP contribution in [-0.2, 0) is 11.2 Å². The number of pyridine rings is 1. The van der Waals surface area contributed by atoms with E-state index in [2.05, 4.69) is 23.7 Å². The number of hydrogen-bond donors (Lipinski definition) is 0. The van der Waals surface area contributed by atoms with E-state index in [4.69, 9.17) is 0 Å². The van der Waals surface area contributed by atoms with Gasteiger partial charge in [-0.15, -0.1) is 0 Å². The fraction of sp³-hybridized carbons (Fsp3) is 0.400. The number of aromatic nitrogens is 1. The Bertz CT molecular complexity index is 616. The summed E-state index contributed by atoms with van der Waals surface area (Å²) >= 11 is 0. The van der Waals surface area contributed by atoms with Crippen molar-refractivity contribution < 1.29 is 4.79 Å². The Morgan fingerprint density at radius 3 is 3.04 bits per heavy atom. The topological polar surface area (TPSA) is 33.2 Å². The van der Waals surface area contributed by atoms with Crippen molar-refractivity contribution in [2.75, 3.05) is 13.1 Å². The molecule has 0 saturated heterocycles. The molecule has 1 amide bonds. The van der Waals surface area contributed by atoms with E-state index >= 15 is 0 Å². The highest BCUT2D eigenvalue weighted by molar-refractivity contribution is 5.83. The number of rotatable bonds is 7. The Morgan fingerprint density at radius 1 is 1.52 bits per heavy atom. The number of amides is 1. The summed E-state index contributed by atoms with van der Waals surface area (Å²) in [5.41, 5.74) is 3.39. The van der Waals surface area contributed by atoms with Crippen LogP contribution in [-0.4, -0.2) is 28.9 Å². The maximum atomic E-state index is 12.8. The Kier molecular flexibility index (Phi) is 6.33. The molecule has 1 aliphatic rings. The van der Waals surface area contributed by atoms with E-state index < -0.39 is 0 Å². The Balaban J connectivity index is 1.94. The highest BCUT2D eigenvalue weighted by atomic mass is 16.2. The van der Waals surface area contributed by atoms with Crippen LogP contribution < -0.4 is 0 Å². The van der Waals surface area contributed by atoms with Gasteiger partial charge in [0.1, 0.15) is 0 Å². The number of carbonyl (C=O) groups is 1. The Labute approximate surface area is 139 Å². The lowest BCUT2D eigenvalue weighted by atomic mass is 9.91. The average molecular weight is 310 g/mol. The number of nitrogens with zero attached hydrogens (tertiary/aromatic N) is 2. The van der Waals surface area contributed by atoms with Gasteiger partial charge in [-0.05, 0) is 50.8 Å². The molecule has 0 spiro atoms. The van der Waals surface area contributed by atoms with Crippen molar-refractivity contribution in [2.24, 2.45) is 5.92 Å². The maximum Gasteiger partial charge on any atom is 0.229 e. The molecule has 0 radical (unpaired) electrons. The lowest BCUT2D eigenvalue weighted by Gasteiger charge is -2.26. The Morgan fingerprint density at radius 2 is 2.35 bits per heavy atom. The van der Waals surface area contributed by atoms with Gasteiger partial charge in [0.15, 0.2) is 0 Å². The monoisotopic (exact) mass is 310 g/mol. The zero-order valence-corrected chi connectivity index (χ0v) is 14.2. The van der Waals surface area contributed by atoms with E-state index in [0.717, 1.165) is 43.6 Å². The summed E-state index contributed by atoms with van der Waals surface area (Å²) in [5.74, 6) is 0.158. The van der Waals surface area contributed by atoms with Gasteiger partial charge in [-0.25, -0.2) is 0 Å². The van der Waals surface area contributed by atoms with E-state index in [-0.39, 0.29) is 11.8 Å². The molecule has 122 valence electrons. The molecule has 2 rings (SSSR count). The predicted molar refractivity (Wildman–Crippen MR) is 95.9 cm³/mol. The SMILES string of the molecule is C=C/C(=C\C)CCCN(CC)C(=O)C1C=Cc2ncccc2C1. The first-order valence-corrected chi connectivity index (χ1v) is 8.38. The molecule has 0 fully saturated rings. The zero-order chi connectivity index (χ0) is 16.7. The molecule has 0 aromatic carbocycles. The zero-order valence-electron chi connectivity index (χ0n) is 14.2. The molecule has 3 nitrogen and oxygen atoms in total. The number of fused-ring (bicyclic) bond motifs is 1. The van der Waals surface area contributed by atoms with Crippen LogP contribution in [0.25, 0.3) is 6.08 Å². The molecule has 1 aliphatic carbocycles. The number of carbonyl (C=O) groups excluding carboxylic acids is 1. The second-order valence-electron chi connectivity index (χ2n) is 5.81. The standard InChI is InChI=1S/C20H26N2O/c1-4-16(5-2)9-8-14-22(6-3)20(23)18-11-12-19-17(15-18)10-7-13-21-19/h4-5,7,10-13,18H,1,6,8-9,14-15H2,2-3H3/b16-5+. The van der Waals surface area contributed by atoms with Crippen molar-refractivity contribution in [3.8, 4) is 0 Å². The van der Waals surface area contributed by atoms with Crippen LogP contribution in [0, 0.1) is 5.92 Å². The van der Waals surface area contributed by atoms with Crippen LogP contribution in [0.5, 0.6) is 0 Å². The van der Waals surface area contributed by atoms with E-state index in [1.807, 2.05) is 43.0 Å². The summed E-state index contributed by atoms with van der Waals surface area (Å²) in [6, 6.07) is 4.00. The molecule has 1 aromatic rings. The van der Waals surface area contributed by atoms with Gasteiger partial charge in [-0.2, -0.15) is 0 Å². The number of allylic oxidation sites excluding steroid dienone is 3. The Hall–Kier alpha value is -2.16. The van der Waals surface area contributed by atoms with E-state index in [1.54, 1.807) is 6.20 Å². The smallest absolute Gasteiger partial charge is 0.229 e. The van der Waals surface area contributed by atoms with E-state index in [1.165, 1.54) is 5.57 Å². The molecular weight excluding hydrogens is 284 g/mol. The van der Waals surface area contributed by atoms with E-state index in [0.29, 0.717) is 0 Å². The van der Waals surface area contributed by atoms with Crippen molar-refractivity contribution >= 4 is 12.0 Å². The molecule has 3 heteroatoms. The van der Waals surface area contributed by atoms with Crippen LogP contribution in [0.15, 0.2) is 48.7 Å². The van der Waals surface area contributed by atoms with Gasteiger partial charge in [-0.3, -0.25) is 9.78 Å². The van der Waals surface area contributed by atoms with Crippen LogP contribution in [0.3, 0.4) is 0 Å². The average Bonchev–Trinajstić information content (AvgIpc) is 2.61. The van der Waals surface area contributed by atoms with Gasteiger partial charge in [0, 0.05) is 19.3 Å². The third kappa shape index (κ3) is 4.41. The molecule has 1 atom stereocenters. The van der Waals surface area contributed by atoms with Crippen molar-refractivity contribution in [3.05, 3.63) is 60.0 Å². The minimum Gasteiger partial charge on any atom is -0.342 e. The highest BCUT2D eigenvalue weighted by Gasteiger charge is 2.24. The normalized spacial score (nSPS) is 16.8. The van der Waals surface area contributed by atoms with Crippen molar-refractivity contribution in [2.45, 2.75) is 33.1 Å². The molecule has 0 N–H and O–H groups in total. The summed E-state index contributed by atoms with van der Waals surface area (Å²) in [5, 5.41) is 0. The van der Waals surface area contributed by atoms with E-state index in [9.17, 15) is 4.79 Å². The molecule has 1 unspecified atom stereocenters. The second kappa shape index (κ2) is 8.47. The maximum absolute atomic E-state index is 12.8. The first-order chi connectivity index (χ1) is 11.2. The molecule has 1 heterocycles. The summed E-state index contributed by atoms with van der Waals surface area (Å²) in [6.07, 6.45) is 12.4. The second-order valence-corrected chi connectivity index (χ2v) is 5.81. The molecule has 0 aliphatic heterocycles. The van der Waals surface area contributed by atoms with Crippen LogP contribution >= 0.6 is 0 Å². The summed E-state index contributed by atoms with van der Waals surface area (Å²) in [7, 11) is 0. The summed E-state index contributed by atoms with van der Waals surface area (Å²) in [4.78, 5) is 19.1.